The Labute approximate surface area is 150 Å². The molecule has 0 aliphatic rings. The third-order valence-corrected chi connectivity index (χ3v) is 3.91. The summed E-state index contributed by atoms with van der Waals surface area (Å²) >= 11 is 0. The summed E-state index contributed by atoms with van der Waals surface area (Å²) in [4.78, 5) is 33.8. The van der Waals surface area contributed by atoms with Crippen molar-refractivity contribution in [3.63, 3.8) is 0 Å². The van der Waals surface area contributed by atoms with Crippen molar-refractivity contribution in [1.29, 1.82) is 0 Å². The van der Waals surface area contributed by atoms with Crippen molar-refractivity contribution < 1.29 is 9.53 Å². The average molecular weight is 355 g/mol. The summed E-state index contributed by atoms with van der Waals surface area (Å²) in [7, 11) is 0. The maximum atomic E-state index is 12.7. The smallest absolute Gasteiger partial charge is 0.298 e. The highest BCUT2D eigenvalue weighted by Gasteiger charge is 2.17. The number of carbonyl (C=O) groups excluding carboxylic acids is 1. The van der Waals surface area contributed by atoms with Gasteiger partial charge in [-0.15, -0.1) is 0 Å². The fraction of sp³-hybridized carbons (Fsp3) is 0.333. The number of fused-ring (bicyclic) bond motifs is 1. The summed E-state index contributed by atoms with van der Waals surface area (Å²) < 4.78 is 6.61. The zero-order valence-electron chi connectivity index (χ0n) is 15.2. The van der Waals surface area contributed by atoms with E-state index < -0.39 is 11.5 Å². The zero-order valence-corrected chi connectivity index (χ0v) is 15.2. The molecule has 26 heavy (non-hydrogen) atoms. The fourth-order valence-corrected chi connectivity index (χ4v) is 2.49. The molecule has 2 heterocycles. The number of hydrogen-bond donors (Lipinski definition) is 2. The number of nitrogens with one attached hydrogen (secondary N) is 2. The van der Waals surface area contributed by atoms with Crippen LogP contribution in [0.5, 0.6) is 5.75 Å². The standard InChI is InChI=1S/C18H21N5O3/c1-5-26-13-8-6-12(7-9-13)16(24)20-14-11(4)19-18-21-15(10(2)3)22-23(18)17(14)25/h6-10H,5H2,1-4H3,(H,20,24)(H,19,21,22). The molecule has 8 heteroatoms. The summed E-state index contributed by atoms with van der Waals surface area (Å²) in [6, 6.07) is 6.71. The number of ether oxygens (including phenoxy) is 1. The molecule has 0 saturated heterocycles. The van der Waals surface area contributed by atoms with Gasteiger partial charge in [0, 0.05) is 11.5 Å². The number of aromatic amines is 1. The predicted molar refractivity (Wildman–Crippen MR) is 98.0 cm³/mol. The van der Waals surface area contributed by atoms with Crippen molar-refractivity contribution in [3.8, 4) is 5.75 Å². The molecule has 0 unspecified atom stereocenters. The largest absolute Gasteiger partial charge is 0.494 e. The molecule has 3 aromatic rings. The molecule has 1 amide bonds. The van der Waals surface area contributed by atoms with Gasteiger partial charge in [0.2, 0.25) is 0 Å². The molecule has 0 atom stereocenters. The second kappa shape index (κ2) is 6.99. The van der Waals surface area contributed by atoms with Crippen molar-refractivity contribution in [2.45, 2.75) is 33.6 Å². The van der Waals surface area contributed by atoms with E-state index in [0.717, 1.165) is 0 Å². The highest BCUT2D eigenvalue weighted by molar-refractivity contribution is 6.04. The zero-order chi connectivity index (χ0) is 18.8. The van der Waals surface area contributed by atoms with Crippen LogP contribution in [0.25, 0.3) is 5.78 Å². The number of rotatable bonds is 5. The molecular weight excluding hydrogens is 334 g/mol. The van der Waals surface area contributed by atoms with Crippen LogP contribution in [0.4, 0.5) is 5.69 Å². The Kier molecular flexibility index (Phi) is 4.75. The molecule has 0 bridgehead atoms. The summed E-state index contributed by atoms with van der Waals surface area (Å²) in [6.07, 6.45) is 0. The van der Waals surface area contributed by atoms with Gasteiger partial charge in [-0.25, -0.2) is 4.98 Å². The molecular formula is C18H21N5O3. The molecule has 3 rings (SSSR count). The lowest BCUT2D eigenvalue weighted by molar-refractivity contribution is 0.102. The van der Waals surface area contributed by atoms with E-state index in [4.69, 9.17) is 4.74 Å². The van der Waals surface area contributed by atoms with E-state index in [1.807, 2.05) is 20.8 Å². The number of amides is 1. The highest BCUT2D eigenvalue weighted by atomic mass is 16.5. The minimum Gasteiger partial charge on any atom is -0.494 e. The van der Waals surface area contributed by atoms with Gasteiger partial charge < -0.3 is 10.1 Å². The second-order valence-electron chi connectivity index (χ2n) is 6.19. The Hall–Kier alpha value is -3.16. The van der Waals surface area contributed by atoms with Crippen LogP contribution in [-0.4, -0.2) is 32.1 Å². The van der Waals surface area contributed by atoms with Crippen LogP contribution in [0.3, 0.4) is 0 Å². The van der Waals surface area contributed by atoms with Gasteiger partial charge in [-0.2, -0.15) is 9.50 Å². The predicted octanol–water partition coefficient (Wildman–Crippen LogP) is 2.50. The molecule has 0 radical (unpaired) electrons. The lowest BCUT2D eigenvalue weighted by Gasteiger charge is -2.08. The number of benzene rings is 1. The van der Waals surface area contributed by atoms with Crippen molar-refractivity contribution >= 4 is 17.4 Å². The first-order valence-corrected chi connectivity index (χ1v) is 8.44. The molecule has 2 aromatic heterocycles. The number of nitrogens with zero attached hydrogens (tertiary/aromatic N) is 3. The van der Waals surface area contributed by atoms with E-state index in [0.29, 0.717) is 29.4 Å². The summed E-state index contributed by atoms with van der Waals surface area (Å²) in [5.41, 5.74) is 0.562. The molecule has 136 valence electrons. The van der Waals surface area contributed by atoms with Crippen molar-refractivity contribution in [2.75, 3.05) is 11.9 Å². The summed E-state index contributed by atoms with van der Waals surface area (Å²) in [5, 5.41) is 5.58. The molecule has 0 fully saturated rings. The molecule has 0 aliphatic heterocycles. The Morgan fingerprint density at radius 2 is 1.96 bits per heavy atom. The van der Waals surface area contributed by atoms with Crippen molar-refractivity contribution in [1.82, 2.24) is 19.6 Å². The Bertz CT molecular complexity index is 1000. The van der Waals surface area contributed by atoms with Crippen LogP contribution in [0, 0.1) is 6.92 Å². The van der Waals surface area contributed by atoms with Gasteiger partial charge in [-0.05, 0) is 38.1 Å². The molecule has 1 aromatic carbocycles. The topological polar surface area (TPSA) is 101 Å². The third kappa shape index (κ3) is 3.30. The van der Waals surface area contributed by atoms with Crippen molar-refractivity contribution in [3.05, 3.63) is 51.7 Å². The molecule has 8 nitrogen and oxygen atoms in total. The number of aromatic nitrogens is 4. The SMILES string of the molecule is CCOc1ccc(C(=O)Nc2c(C)nc3nc(C(C)C)[nH]n3c2=O)cc1. The van der Waals surface area contributed by atoms with Crippen molar-refractivity contribution in [2.24, 2.45) is 0 Å². The van der Waals surface area contributed by atoms with Crippen LogP contribution >= 0.6 is 0 Å². The van der Waals surface area contributed by atoms with E-state index in [9.17, 15) is 9.59 Å². The van der Waals surface area contributed by atoms with Crippen LogP contribution in [0.15, 0.2) is 29.1 Å². The van der Waals surface area contributed by atoms with E-state index >= 15 is 0 Å². The van der Waals surface area contributed by atoms with Gasteiger partial charge in [-0.3, -0.25) is 14.7 Å². The number of hydrogen-bond acceptors (Lipinski definition) is 5. The van der Waals surface area contributed by atoms with E-state index in [1.165, 1.54) is 4.52 Å². The Morgan fingerprint density at radius 1 is 1.27 bits per heavy atom. The normalized spacial score (nSPS) is 11.1. The minimum absolute atomic E-state index is 0.123. The minimum atomic E-state index is -0.397. The quantitative estimate of drug-likeness (QED) is 0.732. The highest BCUT2D eigenvalue weighted by Crippen LogP contribution is 2.15. The average Bonchev–Trinajstić information content (AvgIpc) is 3.04. The van der Waals surface area contributed by atoms with Gasteiger partial charge in [0.05, 0.1) is 12.3 Å². The second-order valence-corrected chi connectivity index (χ2v) is 6.19. The number of H-pyrrole nitrogens is 1. The van der Waals surface area contributed by atoms with Gasteiger partial charge in [0.1, 0.15) is 17.3 Å². The van der Waals surface area contributed by atoms with Crippen LogP contribution < -0.4 is 15.6 Å². The van der Waals surface area contributed by atoms with Crippen LogP contribution in [-0.2, 0) is 0 Å². The van der Waals surface area contributed by atoms with E-state index in [1.54, 1.807) is 31.2 Å². The maximum Gasteiger partial charge on any atom is 0.298 e. The Morgan fingerprint density at radius 3 is 2.58 bits per heavy atom. The monoisotopic (exact) mass is 355 g/mol. The maximum absolute atomic E-state index is 12.7. The van der Waals surface area contributed by atoms with Gasteiger partial charge in [0.25, 0.3) is 17.2 Å². The Balaban J connectivity index is 1.92. The first kappa shape index (κ1) is 17.7. The van der Waals surface area contributed by atoms with Gasteiger partial charge in [0.15, 0.2) is 0 Å². The molecule has 2 N–H and O–H groups in total. The number of carbonyl (C=O) groups is 1. The summed E-state index contributed by atoms with van der Waals surface area (Å²) in [5.74, 6) is 1.36. The first-order chi connectivity index (χ1) is 12.4. The third-order valence-electron chi connectivity index (χ3n) is 3.91. The van der Waals surface area contributed by atoms with Gasteiger partial charge in [-0.1, -0.05) is 13.8 Å². The summed E-state index contributed by atoms with van der Waals surface area (Å²) in [6.45, 7) is 8.03. The molecule has 0 aliphatic carbocycles. The lowest BCUT2D eigenvalue weighted by Crippen LogP contribution is -2.25. The molecule has 0 spiro atoms. The lowest BCUT2D eigenvalue weighted by atomic mass is 10.2. The van der Waals surface area contributed by atoms with E-state index in [-0.39, 0.29) is 17.4 Å². The van der Waals surface area contributed by atoms with Crippen LogP contribution in [0.2, 0.25) is 0 Å². The van der Waals surface area contributed by atoms with Crippen LogP contribution in [0.1, 0.15) is 48.6 Å². The van der Waals surface area contributed by atoms with Gasteiger partial charge >= 0.3 is 0 Å². The number of aryl methyl sites for hydroxylation is 1. The van der Waals surface area contributed by atoms with E-state index in [2.05, 4.69) is 20.4 Å². The molecule has 0 saturated carbocycles. The fourth-order valence-electron chi connectivity index (χ4n) is 2.49. The number of anilines is 1. The first-order valence-electron chi connectivity index (χ1n) is 8.44.